The second-order valence-corrected chi connectivity index (χ2v) is 4.62. The molecule has 0 aliphatic heterocycles. The lowest BCUT2D eigenvalue weighted by atomic mass is 10.1. The monoisotopic (exact) mass is 236 g/mol. The number of benzene rings is 1. The molecule has 2 rings (SSSR count). The Bertz CT molecular complexity index is 435. The van der Waals surface area contributed by atoms with Crippen LogP contribution in [0, 0.1) is 11.3 Å². The highest BCUT2D eigenvalue weighted by atomic mass is 35.5. The molecule has 0 unspecified atom stereocenters. The summed E-state index contributed by atoms with van der Waals surface area (Å²) in [6, 6.07) is 7.31. The number of aliphatic hydroxyl groups is 1. The SMILES string of the molecule is N#Cc1ccc(CNC2(CO)CC2)c(Cl)c1. The molecule has 1 fully saturated rings. The van der Waals surface area contributed by atoms with E-state index in [4.69, 9.17) is 22.0 Å². The van der Waals surface area contributed by atoms with Gasteiger partial charge in [0.15, 0.2) is 0 Å². The molecule has 1 saturated carbocycles. The van der Waals surface area contributed by atoms with Gasteiger partial charge in [0, 0.05) is 17.1 Å². The van der Waals surface area contributed by atoms with Gasteiger partial charge >= 0.3 is 0 Å². The van der Waals surface area contributed by atoms with Crippen LogP contribution in [0.5, 0.6) is 0 Å². The van der Waals surface area contributed by atoms with Gasteiger partial charge in [-0.1, -0.05) is 17.7 Å². The van der Waals surface area contributed by atoms with Crippen molar-refractivity contribution in [1.29, 1.82) is 5.26 Å². The molecule has 3 nitrogen and oxygen atoms in total. The number of hydrogen-bond donors (Lipinski definition) is 2. The largest absolute Gasteiger partial charge is 0.394 e. The van der Waals surface area contributed by atoms with Gasteiger partial charge in [0.1, 0.15) is 0 Å². The van der Waals surface area contributed by atoms with Gasteiger partial charge in [-0.3, -0.25) is 0 Å². The Hall–Kier alpha value is -1.08. The van der Waals surface area contributed by atoms with Crippen LogP contribution in [0.3, 0.4) is 0 Å². The van der Waals surface area contributed by atoms with Crippen LogP contribution in [0.25, 0.3) is 0 Å². The summed E-state index contributed by atoms with van der Waals surface area (Å²) in [6.07, 6.45) is 2.02. The fourth-order valence-electron chi connectivity index (χ4n) is 1.58. The first-order chi connectivity index (χ1) is 7.69. The van der Waals surface area contributed by atoms with E-state index >= 15 is 0 Å². The maximum Gasteiger partial charge on any atom is 0.0992 e. The van der Waals surface area contributed by atoms with Crippen LogP contribution in [-0.4, -0.2) is 17.3 Å². The van der Waals surface area contributed by atoms with Crippen molar-refractivity contribution in [3.05, 3.63) is 34.3 Å². The van der Waals surface area contributed by atoms with Crippen LogP contribution in [0.2, 0.25) is 5.02 Å². The Morgan fingerprint density at radius 2 is 2.25 bits per heavy atom. The van der Waals surface area contributed by atoms with Gasteiger partial charge in [0.05, 0.1) is 18.2 Å². The van der Waals surface area contributed by atoms with Crippen LogP contribution in [0.1, 0.15) is 24.0 Å². The highest BCUT2D eigenvalue weighted by Gasteiger charge is 2.41. The number of aliphatic hydroxyl groups excluding tert-OH is 1. The predicted molar refractivity (Wildman–Crippen MR) is 62.1 cm³/mol. The van der Waals surface area contributed by atoms with Gasteiger partial charge < -0.3 is 10.4 Å². The molecule has 4 heteroatoms. The molecule has 1 aromatic rings. The van der Waals surface area contributed by atoms with Crippen LogP contribution in [0.15, 0.2) is 18.2 Å². The molecule has 84 valence electrons. The van der Waals surface area contributed by atoms with Crippen molar-refractivity contribution in [2.24, 2.45) is 0 Å². The van der Waals surface area contributed by atoms with Gasteiger partial charge in [-0.05, 0) is 30.5 Å². The fourth-order valence-corrected chi connectivity index (χ4v) is 1.83. The molecule has 1 aromatic carbocycles. The van der Waals surface area contributed by atoms with Gasteiger partial charge in [-0.25, -0.2) is 0 Å². The van der Waals surface area contributed by atoms with Gasteiger partial charge in [0.25, 0.3) is 0 Å². The smallest absolute Gasteiger partial charge is 0.0992 e. The van der Waals surface area contributed by atoms with E-state index in [9.17, 15) is 0 Å². The molecule has 0 spiro atoms. The minimum Gasteiger partial charge on any atom is -0.394 e. The summed E-state index contributed by atoms with van der Waals surface area (Å²) in [5.74, 6) is 0. The normalized spacial score (nSPS) is 16.8. The van der Waals surface area contributed by atoms with E-state index in [0.717, 1.165) is 18.4 Å². The van der Waals surface area contributed by atoms with Crippen molar-refractivity contribution >= 4 is 11.6 Å². The Morgan fingerprint density at radius 3 is 2.75 bits per heavy atom. The third-order valence-electron chi connectivity index (χ3n) is 2.99. The third kappa shape index (κ3) is 2.35. The summed E-state index contributed by atoms with van der Waals surface area (Å²) in [5, 5.41) is 21.7. The summed E-state index contributed by atoms with van der Waals surface area (Å²) < 4.78 is 0. The van der Waals surface area contributed by atoms with Crippen LogP contribution in [0.4, 0.5) is 0 Å². The molecule has 0 amide bonds. The first-order valence-corrected chi connectivity index (χ1v) is 5.61. The van der Waals surface area contributed by atoms with Crippen molar-refractivity contribution < 1.29 is 5.11 Å². The lowest BCUT2D eigenvalue weighted by Crippen LogP contribution is -2.34. The summed E-state index contributed by atoms with van der Waals surface area (Å²) >= 11 is 6.05. The van der Waals surface area contributed by atoms with E-state index in [1.165, 1.54) is 0 Å². The minimum atomic E-state index is -0.0861. The van der Waals surface area contributed by atoms with Crippen molar-refractivity contribution in [3.63, 3.8) is 0 Å². The molecule has 0 aromatic heterocycles. The molecule has 1 aliphatic rings. The van der Waals surface area contributed by atoms with Crippen LogP contribution in [-0.2, 0) is 6.54 Å². The summed E-state index contributed by atoms with van der Waals surface area (Å²) in [7, 11) is 0. The van der Waals surface area contributed by atoms with E-state index in [1.807, 2.05) is 12.1 Å². The molecule has 0 bridgehead atoms. The van der Waals surface area contributed by atoms with E-state index in [0.29, 0.717) is 17.1 Å². The van der Waals surface area contributed by atoms with Crippen molar-refractivity contribution in [2.45, 2.75) is 24.9 Å². The molecular formula is C12H13ClN2O. The molecule has 0 radical (unpaired) electrons. The second-order valence-electron chi connectivity index (χ2n) is 4.21. The average Bonchev–Trinajstić information content (AvgIpc) is 3.08. The number of halogens is 1. The van der Waals surface area contributed by atoms with Crippen LogP contribution >= 0.6 is 11.6 Å². The standard InChI is InChI=1S/C12H13ClN2O/c13-11-5-9(6-14)1-2-10(11)7-15-12(8-16)3-4-12/h1-2,5,15-16H,3-4,7-8H2. The van der Waals surface area contributed by atoms with E-state index < -0.39 is 0 Å². The maximum atomic E-state index is 9.15. The zero-order chi connectivity index (χ0) is 11.6. The fraction of sp³-hybridized carbons (Fsp3) is 0.417. The van der Waals surface area contributed by atoms with Gasteiger partial charge in [0.2, 0.25) is 0 Å². The number of nitrogens with zero attached hydrogens (tertiary/aromatic N) is 1. The molecule has 1 aliphatic carbocycles. The topological polar surface area (TPSA) is 56.0 Å². The molecule has 16 heavy (non-hydrogen) atoms. The van der Waals surface area contributed by atoms with Crippen molar-refractivity contribution in [2.75, 3.05) is 6.61 Å². The number of nitrogens with one attached hydrogen (secondary N) is 1. The lowest BCUT2D eigenvalue weighted by molar-refractivity contribution is 0.229. The zero-order valence-corrected chi connectivity index (χ0v) is 9.59. The minimum absolute atomic E-state index is 0.0861. The summed E-state index contributed by atoms with van der Waals surface area (Å²) in [4.78, 5) is 0. The summed E-state index contributed by atoms with van der Waals surface area (Å²) in [6.45, 7) is 0.798. The van der Waals surface area contributed by atoms with E-state index in [-0.39, 0.29) is 12.1 Å². The Labute approximate surface area is 99.7 Å². The highest BCUT2D eigenvalue weighted by molar-refractivity contribution is 6.31. The summed E-state index contributed by atoms with van der Waals surface area (Å²) in [5.41, 5.74) is 1.44. The number of nitriles is 1. The first-order valence-electron chi connectivity index (χ1n) is 5.23. The quantitative estimate of drug-likeness (QED) is 0.839. The Kier molecular flexibility index (Phi) is 3.15. The average molecular weight is 237 g/mol. The highest BCUT2D eigenvalue weighted by Crippen LogP contribution is 2.35. The Morgan fingerprint density at radius 1 is 1.50 bits per heavy atom. The first kappa shape index (κ1) is 11.4. The second kappa shape index (κ2) is 4.42. The lowest BCUT2D eigenvalue weighted by Gasteiger charge is -2.14. The predicted octanol–water partition coefficient (Wildman–Crippen LogP) is 1.83. The molecule has 0 heterocycles. The van der Waals surface area contributed by atoms with Gasteiger partial charge in [-0.2, -0.15) is 5.26 Å². The number of hydrogen-bond acceptors (Lipinski definition) is 3. The van der Waals surface area contributed by atoms with Gasteiger partial charge in [-0.15, -0.1) is 0 Å². The van der Waals surface area contributed by atoms with Crippen molar-refractivity contribution in [3.8, 4) is 6.07 Å². The Balaban J connectivity index is 2.02. The van der Waals surface area contributed by atoms with Crippen LogP contribution < -0.4 is 5.32 Å². The molecular weight excluding hydrogens is 224 g/mol. The van der Waals surface area contributed by atoms with E-state index in [1.54, 1.807) is 12.1 Å². The zero-order valence-electron chi connectivity index (χ0n) is 8.83. The maximum absolute atomic E-state index is 9.15. The van der Waals surface area contributed by atoms with E-state index in [2.05, 4.69) is 5.32 Å². The third-order valence-corrected chi connectivity index (χ3v) is 3.34. The van der Waals surface area contributed by atoms with Crippen molar-refractivity contribution in [1.82, 2.24) is 5.32 Å². The molecule has 2 N–H and O–H groups in total. The number of rotatable bonds is 4. The molecule has 0 saturated heterocycles. The molecule has 0 atom stereocenters.